The largest absolute Gasteiger partial charge is 0.507 e. The van der Waals surface area contributed by atoms with Gasteiger partial charge in [0.05, 0.1) is 11.4 Å². The number of benzene rings is 4. The van der Waals surface area contributed by atoms with E-state index in [9.17, 15) is 5.11 Å². The van der Waals surface area contributed by atoms with Gasteiger partial charge in [0.1, 0.15) is 5.75 Å². The summed E-state index contributed by atoms with van der Waals surface area (Å²) >= 11 is 0. The zero-order chi connectivity index (χ0) is 23.0. The lowest BCUT2D eigenvalue weighted by atomic mass is 9.76. The molecule has 0 saturated heterocycles. The molecular weight excluding hydrogens is 402 g/mol. The highest BCUT2D eigenvalue weighted by molar-refractivity contribution is 5.96. The molecule has 0 radical (unpaired) electrons. The lowest BCUT2D eigenvalue weighted by molar-refractivity contribution is 0.454. The standard InChI is InChI=1S/C31H27NO/c1-21-19-26(30(33)27(20-21)31(2,3)23-13-5-4-6-14-23)29-18-10-17-28(32-29)25-16-9-12-22-11-7-8-15-24(22)25/h4-20,33H,1-3H3. The number of phenolic OH excluding ortho intramolecular Hbond substituents is 1. The van der Waals surface area contributed by atoms with Crippen LogP contribution >= 0.6 is 0 Å². The molecule has 1 aromatic heterocycles. The summed E-state index contributed by atoms with van der Waals surface area (Å²) in [6.07, 6.45) is 0. The summed E-state index contributed by atoms with van der Waals surface area (Å²) in [5.41, 5.74) is 6.33. The lowest BCUT2D eigenvalue weighted by Crippen LogP contribution is -2.19. The zero-order valence-electron chi connectivity index (χ0n) is 19.2. The molecule has 0 aliphatic heterocycles. The predicted molar refractivity (Wildman–Crippen MR) is 138 cm³/mol. The molecule has 0 saturated carbocycles. The Labute approximate surface area is 195 Å². The molecule has 2 heteroatoms. The molecule has 0 aliphatic carbocycles. The van der Waals surface area contributed by atoms with Gasteiger partial charge in [-0.1, -0.05) is 98.8 Å². The smallest absolute Gasteiger partial charge is 0.129 e. The SMILES string of the molecule is Cc1cc(-c2cccc(-c3cccc4ccccc34)n2)c(O)c(C(C)(C)c2ccccc2)c1. The van der Waals surface area contributed by atoms with Gasteiger partial charge in [-0.05, 0) is 47.0 Å². The molecule has 0 spiro atoms. The summed E-state index contributed by atoms with van der Waals surface area (Å²) in [5, 5.41) is 13.8. The molecule has 2 nitrogen and oxygen atoms in total. The number of pyridine rings is 1. The number of fused-ring (bicyclic) bond motifs is 1. The second kappa shape index (κ2) is 8.22. The first kappa shape index (κ1) is 21.0. The van der Waals surface area contributed by atoms with Gasteiger partial charge in [0, 0.05) is 22.1 Å². The Morgan fingerprint density at radius 3 is 2.09 bits per heavy atom. The Morgan fingerprint density at radius 1 is 0.667 bits per heavy atom. The minimum Gasteiger partial charge on any atom is -0.507 e. The topological polar surface area (TPSA) is 33.1 Å². The van der Waals surface area contributed by atoms with Gasteiger partial charge in [-0.3, -0.25) is 0 Å². The predicted octanol–water partition coefficient (Wildman–Crippen LogP) is 7.91. The summed E-state index contributed by atoms with van der Waals surface area (Å²) in [4.78, 5) is 5.00. The summed E-state index contributed by atoms with van der Waals surface area (Å²) in [5.74, 6) is 0.289. The molecule has 5 aromatic rings. The van der Waals surface area contributed by atoms with Crippen LogP contribution in [0.4, 0.5) is 0 Å². The number of rotatable bonds is 4. The molecular formula is C31H27NO. The molecule has 162 valence electrons. The van der Waals surface area contributed by atoms with Gasteiger partial charge in [-0.15, -0.1) is 0 Å². The van der Waals surface area contributed by atoms with Crippen molar-refractivity contribution in [2.24, 2.45) is 0 Å². The second-order valence-corrected chi connectivity index (χ2v) is 9.13. The number of nitrogens with zero attached hydrogens (tertiary/aromatic N) is 1. The maximum absolute atomic E-state index is 11.5. The van der Waals surface area contributed by atoms with Gasteiger partial charge in [0.2, 0.25) is 0 Å². The van der Waals surface area contributed by atoms with Crippen molar-refractivity contribution in [3.05, 3.63) is 120 Å². The van der Waals surface area contributed by atoms with E-state index < -0.39 is 0 Å². The fourth-order valence-corrected chi connectivity index (χ4v) is 4.64. The van der Waals surface area contributed by atoms with E-state index in [1.807, 2.05) is 42.5 Å². The summed E-state index contributed by atoms with van der Waals surface area (Å²) in [6.45, 7) is 6.38. The third-order valence-corrected chi connectivity index (χ3v) is 6.51. The lowest BCUT2D eigenvalue weighted by Gasteiger charge is -2.28. The minimum atomic E-state index is -0.348. The summed E-state index contributed by atoms with van der Waals surface area (Å²) in [6, 6.07) is 35.1. The molecule has 1 N–H and O–H groups in total. The maximum atomic E-state index is 11.5. The molecule has 1 heterocycles. The van der Waals surface area contributed by atoms with E-state index in [1.54, 1.807) is 0 Å². The Morgan fingerprint density at radius 2 is 1.30 bits per heavy atom. The number of hydrogen-bond donors (Lipinski definition) is 1. The van der Waals surface area contributed by atoms with Crippen molar-refractivity contribution in [1.29, 1.82) is 0 Å². The summed E-state index contributed by atoms with van der Waals surface area (Å²) < 4.78 is 0. The van der Waals surface area contributed by atoms with E-state index in [1.165, 1.54) is 10.8 Å². The van der Waals surface area contributed by atoms with E-state index in [0.29, 0.717) is 0 Å². The van der Waals surface area contributed by atoms with Gasteiger partial charge in [-0.25, -0.2) is 4.98 Å². The monoisotopic (exact) mass is 429 g/mol. The van der Waals surface area contributed by atoms with Crippen molar-refractivity contribution in [1.82, 2.24) is 4.98 Å². The van der Waals surface area contributed by atoms with E-state index in [2.05, 4.69) is 81.4 Å². The molecule has 0 unspecified atom stereocenters. The van der Waals surface area contributed by atoms with Crippen molar-refractivity contribution in [2.75, 3.05) is 0 Å². The van der Waals surface area contributed by atoms with Gasteiger partial charge in [-0.2, -0.15) is 0 Å². The molecule has 0 atom stereocenters. The van der Waals surface area contributed by atoms with E-state index >= 15 is 0 Å². The van der Waals surface area contributed by atoms with Crippen molar-refractivity contribution in [3.8, 4) is 28.3 Å². The van der Waals surface area contributed by atoms with Crippen molar-refractivity contribution in [3.63, 3.8) is 0 Å². The molecule has 0 fully saturated rings. The third kappa shape index (κ3) is 3.78. The van der Waals surface area contributed by atoms with Crippen LogP contribution in [0.15, 0.2) is 103 Å². The Bertz CT molecular complexity index is 1450. The van der Waals surface area contributed by atoms with E-state index in [0.717, 1.165) is 39.2 Å². The minimum absolute atomic E-state index is 0.289. The first-order valence-electron chi connectivity index (χ1n) is 11.3. The van der Waals surface area contributed by atoms with Crippen LogP contribution in [0.1, 0.15) is 30.5 Å². The third-order valence-electron chi connectivity index (χ3n) is 6.51. The maximum Gasteiger partial charge on any atom is 0.129 e. The molecule has 33 heavy (non-hydrogen) atoms. The quantitative estimate of drug-likeness (QED) is 0.315. The van der Waals surface area contributed by atoms with Crippen LogP contribution in [0.5, 0.6) is 5.75 Å². The highest BCUT2D eigenvalue weighted by Crippen LogP contribution is 2.42. The Hall–Kier alpha value is -3.91. The molecule has 4 aromatic carbocycles. The van der Waals surface area contributed by atoms with Crippen molar-refractivity contribution >= 4 is 10.8 Å². The fourth-order valence-electron chi connectivity index (χ4n) is 4.64. The van der Waals surface area contributed by atoms with Crippen LogP contribution in [-0.2, 0) is 5.41 Å². The van der Waals surface area contributed by atoms with Crippen LogP contribution in [0, 0.1) is 6.92 Å². The molecule has 0 amide bonds. The first-order valence-corrected chi connectivity index (χ1v) is 11.3. The van der Waals surface area contributed by atoms with Crippen LogP contribution < -0.4 is 0 Å². The van der Waals surface area contributed by atoms with Crippen LogP contribution in [-0.4, -0.2) is 10.1 Å². The van der Waals surface area contributed by atoms with E-state index in [-0.39, 0.29) is 11.2 Å². The number of aromatic hydroxyl groups is 1. The first-order chi connectivity index (χ1) is 15.9. The highest BCUT2D eigenvalue weighted by Gasteiger charge is 2.28. The van der Waals surface area contributed by atoms with Crippen LogP contribution in [0.25, 0.3) is 33.3 Å². The summed E-state index contributed by atoms with van der Waals surface area (Å²) in [7, 11) is 0. The Balaban J connectivity index is 1.66. The van der Waals surface area contributed by atoms with Gasteiger partial charge >= 0.3 is 0 Å². The van der Waals surface area contributed by atoms with Crippen LogP contribution in [0.3, 0.4) is 0 Å². The zero-order valence-corrected chi connectivity index (χ0v) is 19.2. The van der Waals surface area contributed by atoms with Gasteiger partial charge < -0.3 is 5.11 Å². The van der Waals surface area contributed by atoms with Crippen LogP contribution in [0.2, 0.25) is 0 Å². The van der Waals surface area contributed by atoms with Gasteiger partial charge in [0.25, 0.3) is 0 Å². The number of hydrogen-bond acceptors (Lipinski definition) is 2. The average Bonchev–Trinajstić information content (AvgIpc) is 2.85. The highest BCUT2D eigenvalue weighted by atomic mass is 16.3. The number of aromatic nitrogens is 1. The Kier molecular flexibility index (Phi) is 5.22. The fraction of sp³-hybridized carbons (Fsp3) is 0.129. The number of aryl methyl sites for hydroxylation is 1. The molecule has 0 bridgehead atoms. The normalized spacial score (nSPS) is 11.6. The molecule has 0 aliphatic rings. The number of phenols is 1. The molecule has 5 rings (SSSR count). The van der Waals surface area contributed by atoms with Gasteiger partial charge in [0.15, 0.2) is 0 Å². The van der Waals surface area contributed by atoms with E-state index in [4.69, 9.17) is 4.98 Å². The average molecular weight is 430 g/mol. The van der Waals surface area contributed by atoms with Crippen molar-refractivity contribution < 1.29 is 5.11 Å². The van der Waals surface area contributed by atoms with Crippen molar-refractivity contribution in [2.45, 2.75) is 26.2 Å². The second-order valence-electron chi connectivity index (χ2n) is 9.13.